The molecule has 1 saturated carbocycles. The second-order valence-electron chi connectivity index (χ2n) is 3.13. The number of rotatable bonds is 3. The minimum atomic E-state index is 0.579. The molecule has 52 valence electrons. The Labute approximate surface area is 55.8 Å². The fourth-order valence-electron chi connectivity index (χ4n) is 1.16. The first-order valence-corrected chi connectivity index (χ1v) is 3.68. The van der Waals surface area contributed by atoms with E-state index in [0.29, 0.717) is 6.10 Å². The van der Waals surface area contributed by atoms with Crippen molar-refractivity contribution in [1.82, 2.24) is 4.90 Å². The van der Waals surface area contributed by atoms with Gasteiger partial charge in [0.2, 0.25) is 0 Å². The first kappa shape index (κ1) is 5.69. The van der Waals surface area contributed by atoms with Crippen LogP contribution < -0.4 is 0 Å². The van der Waals surface area contributed by atoms with Gasteiger partial charge in [0.25, 0.3) is 0 Å². The molecule has 0 radical (unpaired) electrons. The van der Waals surface area contributed by atoms with E-state index in [2.05, 4.69) is 11.9 Å². The SMILES string of the molecule is CN(CC1CO1)C1CC1. The van der Waals surface area contributed by atoms with Crippen LogP contribution in [-0.2, 0) is 4.74 Å². The number of epoxide rings is 1. The highest BCUT2D eigenvalue weighted by Gasteiger charge is 2.31. The molecule has 0 bridgehead atoms. The summed E-state index contributed by atoms with van der Waals surface area (Å²) in [4.78, 5) is 2.41. The lowest BCUT2D eigenvalue weighted by Gasteiger charge is -2.12. The van der Waals surface area contributed by atoms with Gasteiger partial charge < -0.3 is 9.64 Å². The molecule has 0 aromatic rings. The van der Waals surface area contributed by atoms with Crippen molar-refractivity contribution in [3.05, 3.63) is 0 Å². The Kier molecular flexibility index (Phi) is 1.24. The maximum atomic E-state index is 5.12. The number of likely N-dealkylation sites (N-methyl/N-ethyl adjacent to an activating group) is 1. The van der Waals surface area contributed by atoms with Crippen molar-refractivity contribution in [2.45, 2.75) is 25.0 Å². The summed E-state index contributed by atoms with van der Waals surface area (Å²) in [6.45, 7) is 2.15. The van der Waals surface area contributed by atoms with Gasteiger partial charge in [0.05, 0.1) is 12.7 Å². The highest BCUT2D eigenvalue weighted by atomic mass is 16.6. The van der Waals surface area contributed by atoms with Crippen LogP contribution in [0.3, 0.4) is 0 Å². The van der Waals surface area contributed by atoms with Crippen molar-refractivity contribution >= 4 is 0 Å². The van der Waals surface area contributed by atoms with Gasteiger partial charge in [-0.1, -0.05) is 0 Å². The number of nitrogens with zero attached hydrogens (tertiary/aromatic N) is 1. The van der Waals surface area contributed by atoms with Crippen LogP contribution in [0.2, 0.25) is 0 Å². The molecule has 2 heteroatoms. The molecule has 1 saturated heterocycles. The molecule has 2 nitrogen and oxygen atoms in total. The molecule has 2 rings (SSSR count). The fraction of sp³-hybridized carbons (Fsp3) is 1.00. The molecule has 1 aliphatic carbocycles. The normalized spacial score (nSPS) is 33.3. The Hall–Kier alpha value is -0.0800. The standard InChI is InChI=1S/C7H13NO/c1-8(6-2-3-6)4-7-5-9-7/h6-7H,2-5H2,1H3. The van der Waals surface area contributed by atoms with Crippen LogP contribution in [0.15, 0.2) is 0 Å². The zero-order chi connectivity index (χ0) is 6.27. The van der Waals surface area contributed by atoms with E-state index in [1.807, 2.05) is 0 Å². The lowest BCUT2D eigenvalue weighted by Crippen LogP contribution is -2.25. The number of hydrogen-bond acceptors (Lipinski definition) is 2. The van der Waals surface area contributed by atoms with Gasteiger partial charge in [-0.15, -0.1) is 0 Å². The Balaban J connectivity index is 1.69. The van der Waals surface area contributed by atoms with Gasteiger partial charge in [-0.05, 0) is 19.9 Å². The first-order valence-electron chi connectivity index (χ1n) is 3.68. The average Bonchev–Trinajstić information content (AvgIpc) is 2.62. The summed E-state index contributed by atoms with van der Waals surface area (Å²) >= 11 is 0. The monoisotopic (exact) mass is 127 g/mol. The summed E-state index contributed by atoms with van der Waals surface area (Å²) in [5, 5.41) is 0. The van der Waals surface area contributed by atoms with Crippen molar-refractivity contribution in [2.24, 2.45) is 0 Å². The maximum Gasteiger partial charge on any atom is 0.0936 e. The molecule has 2 aliphatic rings. The van der Waals surface area contributed by atoms with Gasteiger partial charge in [-0.3, -0.25) is 0 Å². The van der Waals surface area contributed by atoms with E-state index in [9.17, 15) is 0 Å². The smallest absolute Gasteiger partial charge is 0.0936 e. The molecular weight excluding hydrogens is 114 g/mol. The van der Waals surface area contributed by atoms with E-state index in [1.165, 1.54) is 12.8 Å². The van der Waals surface area contributed by atoms with Crippen LogP contribution in [0.1, 0.15) is 12.8 Å². The van der Waals surface area contributed by atoms with Gasteiger partial charge >= 0.3 is 0 Å². The van der Waals surface area contributed by atoms with E-state index in [4.69, 9.17) is 4.74 Å². The van der Waals surface area contributed by atoms with E-state index in [-0.39, 0.29) is 0 Å². The molecule has 0 aromatic carbocycles. The number of hydrogen-bond donors (Lipinski definition) is 0. The third kappa shape index (κ3) is 1.43. The Morgan fingerprint density at radius 3 is 2.67 bits per heavy atom. The minimum Gasteiger partial charge on any atom is -0.372 e. The van der Waals surface area contributed by atoms with Crippen LogP contribution in [0.25, 0.3) is 0 Å². The molecule has 0 spiro atoms. The van der Waals surface area contributed by atoms with Gasteiger partial charge in [0.15, 0.2) is 0 Å². The summed E-state index contributed by atoms with van der Waals surface area (Å²) in [5.74, 6) is 0. The molecule has 0 amide bonds. The molecule has 1 unspecified atom stereocenters. The van der Waals surface area contributed by atoms with Crippen LogP contribution in [-0.4, -0.2) is 37.2 Å². The highest BCUT2D eigenvalue weighted by molar-refractivity contribution is 4.85. The molecule has 1 aliphatic heterocycles. The van der Waals surface area contributed by atoms with E-state index < -0.39 is 0 Å². The zero-order valence-corrected chi connectivity index (χ0v) is 5.84. The lowest BCUT2D eigenvalue weighted by molar-refractivity contribution is 0.277. The first-order chi connectivity index (χ1) is 4.36. The van der Waals surface area contributed by atoms with Gasteiger partial charge in [-0.25, -0.2) is 0 Å². The minimum absolute atomic E-state index is 0.579. The van der Waals surface area contributed by atoms with E-state index >= 15 is 0 Å². The summed E-state index contributed by atoms with van der Waals surface area (Å²) in [5.41, 5.74) is 0. The molecule has 1 atom stereocenters. The number of ether oxygens (including phenoxy) is 1. The summed E-state index contributed by atoms with van der Waals surface area (Å²) in [6, 6.07) is 0.897. The quantitative estimate of drug-likeness (QED) is 0.512. The predicted molar refractivity (Wildman–Crippen MR) is 35.4 cm³/mol. The third-order valence-electron chi connectivity index (χ3n) is 2.06. The largest absolute Gasteiger partial charge is 0.372 e. The van der Waals surface area contributed by atoms with Gasteiger partial charge in [0, 0.05) is 12.6 Å². The van der Waals surface area contributed by atoms with Crippen LogP contribution in [0.5, 0.6) is 0 Å². The Bertz CT molecular complexity index is 107. The van der Waals surface area contributed by atoms with Crippen LogP contribution >= 0.6 is 0 Å². The zero-order valence-electron chi connectivity index (χ0n) is 5.84. The molecule has 0 aromatic heterocycles. The average molecular weight is 127 g/mol. The van der Waals surface area contributed by atoms with Crippen LogP contribution in [0.4, 0.5) is 0 Å². The highest BCUT2D eigenvalue weighted by Crippen LogP contribution is 2.26. The van der Waals surface area contributed by atoms with Crippen molar-refractivity contribution in [3.8, 4) is 0 Å². The summed E-state index contributed by atoms with van der Waals surface area (Å²) in [6.07, 6.45) is 3.39. The molecule has 1 heterocycles. The lowest BCUT2D eigenvalue weighted by atomic mass is 10.4. The summed E-state index contributed by atoms with van der Waals surface area (Å²) < 4.78 is 5.12. The maximum absolute atomic E-state index is 5.12. The second kappa shape index (κ2) is 1.96. The van der Waals surface area contributed by atoms with Crippen molar-refractivity contribution < 1.29 is 4.74 Å². The molecule has 2 fully saturated rings. The third-order valence-corrected chi connectivity index (χ3v) is 2.06. The molecule has 0 N–H and O–H groups in total. The second-order valence-corrected chi connectivity index (χ2v) is 3.13. The molecule has 9 heavy (non-hydrogen) atoms. The predicted octanol–water partition coefficient (Wildman–Crippen LogP) is 0.479. The topological polar surface area (TPSA) is 15.8 Å². The van der Waals surface area contributed by atoms with Gasteiger partial charge in [-0.2, -0.15) is 0 Å². The van der Waals surface area contributed by atoms with E-state index in [1.54, 1.807) is 0 Å². The van der Waals surface area contributed by atoms with E-state index in [0.717, 1.165) is 19.2 Å². The molecular formula is C7H13NO. The van der Waals surface area contributed by atoms with Gasteiger partial charge in [0.1, 0.15) is 0 Å². The summed E-state index contributed by atoms with van der Waals surface area (Å²) in [7, 11) is 2.19. The Morgan fingerprint density at radius 1 is 1.56 bits per heavy atom. The van der Waals surface area contributed by atoms with Crippen molar-refractivity contribution in [2.75, 3.05) is 20.2 Å². The Morgan fingerprint density at radius 2 is 2.22 bits per heavy atom. The fourth-order valence-corrected chi connectivity index (χ4v) is 1.16. The van der Waals surface area contributed by atoms with Crippen molar-refractivity contribution in [3.63, 3.8) is 0 Å². The van der Waals surface area contributed by atoms with Crippen LogP contribution in [0, 0.1) is 0 Å². The van der Waals surface area contributed by atoms with Crippen molar-refractivity contribution in [1.29, 1.82) is 0 Å².